The van der Waals surface area contributed by atoms with E-state index in [4.69, 9.17) is 4.74 Å². The summed E-state index contributed by atoms with van der Waals surface area (Å²) in [7, 11) is -0.352. The Labute approximate surface area is 113 Å². The van der Waals surface area contributed by atoms with Crippen LogP contribution in [0.5, 0.6) is 0 Å². The number of anilines is 1. The summed E-state index contributed by atoms with van der Waals surface area (Å²) in [5, 5.41) is 2.90. The molecule has 1 saturated heterocycles. The third kappa shape index (κ3) is 3.05. The number of ether oxygens (including phenoxy) is 1. The minimum absolute atomic E-state index is 0.0125. The number of hydrogen-bond acceptors (Lipinski definition) is 5. The predicted molar refractivity (Wildman–Crippen MR) is 72.6 cm³/mol. The molecule has 7 heteroatoms. The summed E-state index contributed by atoms with van der Waals surface area (Å²) in [6, 6.07) is 3.39. The molecule has 0 spiro atoms. The number of sulfonamides is 1. The number of rotatable bonds is 5. The summed E-state index contributed by atoms with van der Waals surface area (Å²) in [4.78, 5) is 3.98. The highest BCUT2D eigenvalue weighted by atomic mass is 32.2. The van der Waals surface area contributed by atoms with Gasteiger partial charge in [-0.2, -0.15) is 4.31 Å². The van der Waals surface area contributed by atoms with E-state index in [-0.39, 0.29) is 11.1 Å². The Hall–Kier alpha value is -1.18. The van der Waals surface area contributed by atoms with Gasteiger partial charge in [0.05, 0.1) is 11.8 Å². The minimum Gasteiger partial charge on any atom is -0.386 e. The van der Waals surface area contributed by atoms with E-state index >= 15 is 0 Å². The maximum Gasteiger partial charge on any atom is 0.262 e. The molecule has 1 aliphatic rings. The van der Waals surface area contributed by atoms with Gasteiger partial charge in [-0.15, -0.1) is 0 Å². The van der Waals surface area contributed by atoms with E-state index in [1.54, 1.807) is 26.2 Å². The molecule has 0 bridgehead atoms. The number of pyridine rings is 1. The molecule has 1 unspecified atom stereocenters. The molecule has 0 amide bonds. The maximum atomic E-state index is 12.5. The molecule has 0 aliphatic carbocycles. The van der Waals surface area contributed by atoms with Gasteiger partial charge in [0.1, 0.15) is 0 Å². The van der Waals surface area contributed by atoms with Gasteiger partial charge in [-0.25, -0.2) is 13.4 Å². The Bertz CT molecular complexity index is 527. The van der Waals surface area contributed by atoms with Gasteiger partial charge in [0.25, 0.3) is 10.0 Å². The highest BCUT2D eigenvalue weighted by Gasteiger charge is 2.28. The molecule has 1 aliphatic heterocycles. The van der Waals surface area contributed by atoms with Gasteiger partial charge < -0.3 is 10.1 Å². The van der Waals surface area contributed by atoms with Crippen molar-refractivity contribution in [1.82, 2.24) is 9.29 Å². The van der Waals surface area contributed by atoms with Gasteiger partial charge in [-0.3, -0.25) is 0 Å². The summed E-state index contributed by atoms with van der Waals surface area (Å²) < 4.78 is 31.7. The van der Waals surface area contributed by atoms with Crippen LogP contribution in [0, 0.1) is 0 Å². The summed E-state index contributed by atoms with van der Waals surface area (Å²) in [5.41, 5.74) is 0.502. The van der Waals surface area contributed by atoms with Crippen molar-refractivity contribution in [1.29, 1.82) is 0 Å². The Kier molecular flexibility index (Phi) is 4.38. The van der Waals surface area contributed by atoms with Crippen molar-refractivity contribution < 1.29 is 13.2 Å². The van der Waals surface area contributed by atoms with Crippen LogP contribution in [0.3, 0.4) is 0 Å². The molecule has 0 saturated carbocycles. The zero-order valence-corrected chi connectivity index (χ0v) is 12.0. The molecule has 106 valence electrons. The average molecular weight is 285 g/mol. The maximum absolute atomic E-state index is 12.5. The van der Waals surface area contributed by atoms with Crippen molar-refractivity contribution in [2.75, 3.05) is 32.6 Å². The van der Waals surface area contributed by atoms with Gasteiger partial charge in [-0.05, 0) is 25.0 Å². The van der Waals surface area contributed by atoms with Crippen LogP contribution < -0.4 is 5.32 Å². The predicted octanol–water partition coefficient (Wildman–Crippen LogP) is 0.923. The second-order valence-electron chi connectivity index (χ2n) is 4.53. The number of likely N-dealkylation sites (N-methyl/N-ethyl adjacent to an activating group) is 1. The SMILES string of the molecule is CNc1cccnc1S(=O)(=O)N(C)CC1CCCO1. The fraction of sp³-hybridized carbons (Fsp3) is 0.583. The molecular formula is C12H19N3O3S. The molecule has 0 radical (unpaired) electrons. The van der Waals surface area contributed by atoms with Crippen molar-refractivity contribution in [3.63, 3.8) is 0 Å². The lowest BCUT2D eigenvalue weighted by Crippen LogP contribution is -2.34. The van der Waals surface area contributed by atoms with Crippen molar-refractivity contribution >= 4 is 15.7 Å². The Morgan fingerprint density at radius 1 is 1.58 bits per heavy atom. The molecule has 1 aromatic rings. The van der Waals surface area contributed by atoms with E-state index in [1.165, 1.54) is 10.5 Å². The number of nitrogens with zero attached hydrogens (tertiary/aromatic N) is 2. The lowest BCUT2D eigenvalue weighted by Gasteiger charge is -2.21. The first-order valence-electron chi connectivity index (χ1n) is 6.26. The minimum atomic E-state index is -3.59. The lowest BCUT2D eigenvalue weighted by atomic mass is 10.2. The first-order chi connectivity index (χ1) is 9.05. The molecule has 19 heavy (non-hydrogen) atoms. The summed E-state index contributed by atoms with van der Waals surface area (Å²) in [5.74, 6) is 0. The molecule has 1 atom stereocenters. The van der Waals surface area contributed by atoms with Crippen LogP contribution in [0.25, 0.3) is 0 Å². The van der Waals surface area contributed by atoms with E-state index in [9.17, 15) is 8.42 Å². The number of aromatic nitrogens is 1. The molecule has 2 heterocycles. The zero-order valence-electron chi connectivity index (χ0n) is 11.2. The summed E-state index contributed by atoms with van der Waals surface area (Å²) in [6.07, 6.45) is 3.36. The number of hydrogen-bond donors (Lipinski definition) is 1. The van der Waals surface area contributed by atoms with Gasteiger partial charge in [0.15, 0.2) is 5.03 Å². The Balaban J connectivity index is 2.20. The molecule has 1 fully saturated rings. The zero-order chi connectivity index (χ0) is 13.9. The largest absolute Gasteiger partial charge is 0.386 e. The summed E-state index contributed by atoms with van der Waals surface area (Å²) >= 11 is 0. The van der Waals surface area contributed by atoms with E-state index in [0.717, 1.165) is 12.8 Å². The Morgan fingerprint density at radius 2 is 2.37 bits per heavy atom. The lowest BCUT2D eigenvalue weighted by molar-refractivity contribution is 0.0978. The van der Waals surface area contributed by atoms with E-state index < -0.39 is 10.0 Å². The fourth-order valence-corrected chi connectivity index (χ4v) is 3.41. The highest BCUT2D eigenvalue weighted by molar-refractivity contribution is 7.89. The van der Waals surface area contributed by atoms with Gasteiger partial charge >= 0.3 is 0 Å². The van der Waals surface area contributed by atoms with E-state index in [1.807, 2.05) is 0 Å². The summed E-state index contributed by atoms with van der Waals surface area (Å²) in [6.45, 7) is 1.08. The van der Waals surface area contributed by atoms with Crippen LogP contribution in [0.2, 0.25) is 0 Å². The molecule has 0 aromatic carbocycles. The Morgan fingerprint density at radius 3 is 3.00 bits per heavy atom. The van der Waals surface area contributed by atoms with Crippen LogP contribution in [0.4, 0.5) is 5.69 Å². The smallest absolute Gasteiger partial charge is 0.262 e. The van der Waals surface area contributed by atoms with Crippen molar-refractivity contribution in [2.24, 2.45) is 0 Å². The number of nitrogens with one attached hydrogen (secondary N) is 1. The molecular weight excluding hydrogens is 266 g/mol. The van der Waals surface area contributed by atoms with Crippen LogP contribution in [-0.4, -0.2) is 51.1 Å². The quantitative estimate of drug-likeness (QED) is 0.871. The van der Waals surface area contributed by atoms with Crippen molar-refractivity contribution in [3.8, 4) is 0 Å². The van der Waals surface area contributed by atoms with Gasteiger partial charge in [-0.1, -0.05) is 0 Å². The van der Waals surface area contributed by atoms with Crippen LogP contribution in [0.15, 0.2) is 23.4 Å². The first kappa shape index (κ1) is 14.2. The molecule has 1 N–H and O–H groups in total. The van der Waals surface area contributed by atoms with Crippen LogP contribution >= 0.6 is 0 Å². The fourth-order valence-electron chi connectivity index (χ4n) is 2.11. The first-order valence-corrected chi connectivity index (χ1v) is 7.70. The third-order valence-corrected chi connectivity index (χ3v) is 4.96. The molecule has 1 aromatic heterocycles. The van der Waals surface area contributed by atoms with Crippen LogP contribution in [-0.2, 0) is 14.8 Å². The monoisotopic (exact) mass is 285 g/mol. The molecule has 6 nitrogen and oxygen atoms in total. The van der Waals surface area contributed by atoms with Crippen LogP contribution in [0.1, 0.15) is 12.8 Å². The topological polar surface area (TPSA) is 71.5 Å². The third-order valence-electron chi connectivity index (χ3n) is 3.18. The normalized spacial score (nSPS) is 19.8. The van der Waals surface area contributed by atoms with E-state index in [0.29, 0.717) is 18.8 Å². The van der Waals surface area contributed by atoms with Crippen molar-refractivity contribution in [3.05, 3.63) is 18.3 Å². The van der Waals surface area contributed by atoms with Gasteiger partial charge in [0.2, 0.25) is 0 Å². The average Bonchev–Trinajstić information content (AvgIpc) is 2.91. The molecule has 2 rings (SSSR count). The highest BCUT2D eigenvalue weighted by Crippen LogP contribution is 2.22. The standard InChI is InChI=1S/C12H19N3O3S/c1-13-11-6-3-7-14-12(11)19(16,17)15(2)9-10-5-4-8-18-10/h3,6-7,10,13H,4-5,8-9H2,1-2H3. The second-order valence-corrected chi connectivity index (χ2v) is 6.49. The van der Waals surface area contributed by atoms with Crippen molar-refractivity contribution in [2.45, 2.75) is 24.0 Å². The second kappa shape index (κ2) is 5.85. The van der Waals surface area contributed by atoms with Gasteiger partial charge in [0, 0.05) is 33.4 Å². The van der Waals surface area contributed by atoms with E-state index in [2.05, 4.69) is 10.3 Å².